The number of nitrogens with one attached hydrogen (secondary N) is 1. The first-order valence-electron chi connectivity index (χ1n) is 9.76. The van der Waals surface area contributed by atoms with Gasteiger partial charge in [-0.15, -0.1) is 0 Å². The maximum Gasteiger partial charge on any atom is 0.251 e. The Kier molecular flexibility index (Phi) is 6.06. The SMILES string of the molecule is Cc1noc(C)c1CNC(=O)c1ccc(COc2ccc(C(C)(C)C)cc2)cc1. The highest BCUT2D eigenvalue weighted by Gasteiger charge is 2.13. The van der Waals surface area contributed by atoms with Crippen molar-refractivity contribution in [2.75, 3.05) is 0 Å². The van der Waals surface area contributed by atoms with Crippen LogP contribution in [0.3, 0.4) is 0 Å². The fraction of sp³-hybridized carbons (Fsp3) is 0.333. The molecule has 1 heterocycles. The van der Waals surface area contributed by atoms with Gasteiger partial charge in [0.05, 0.1) is 5.69 Å². The lowest BCUT2D eigenvalue weighted by Crippen LogP contribution is -2.23. The highest BCUT2D eigenvalue weighted by molar-refractivity contribution is 5.94. The van der Waals surface area contributed by atoms with E-state index in [0.717, 1.165) is 28.3 Å². The molecule has 3 aromatic rings. The summed E-state index contributed by atoms with van der Waals surface area (Å²) in [5.41, 5.74) is 4.73. The van der Waals surface area contributed by atoms with E-state index < -0.39 is 0 Å². The number of benzene rings is 2. The molecule has 1 amide bonds. The van der Waals surface area contributed by atoms with E-state index in [2.05, 4.69) is 43.4 Å². The number of nitrogens with zero attached hydrogens (tertiary/aromatic N) is 1. The second-order valence-electron chi connectivity index (χ2n) is 8.25. The zero-order valence-corrected chi connectivity index (χ0v) is 17.7. The number of hydrogen-bond acceptors (Lipinski definition) is 4. The van der Waals surface area contributed by atoms with Crippen LogP contribution in [0.25, 0.3) is 0 Å². The summed E-state index contributed by atoms with van der Waals surface area (Å²) in [7, 11) is 0. The van der Waals surface area contributed by atoms with Gasteiger partial charge in [-0.05, 0) is 54.7 Å². The van der Waals surface area contributed by atoms with E-state index in [1.54, 1.807) is 0 Å². The molecular formula is C24H28N2O3. The Morgan fingerprint density at radius 1 is 1.03 bits per heavy atom. The molecule has 0 saturated heterocycles. The van der Waals surface area contributed by atoms with Gasteiger partial charge < -0.3 is 14.6 Å². The first-order chi connectivity index (χ1) is 13.7. The van der Waals surface area contributed by atoms with Crippen molar-refractivity contribution in [1.82, 2.24) is 10.5 Å². The van der Waals surface area contributed by atoms with Gasteiger partial charge in [-0.25, -0.2) is 0 Å². The zero-order valence-electron chi connectivity index (χ0n) is 17.7. The van der Waals surface area contributed by atoms with Crippen molar-refractivity contribution in [1.29, 1.82) is 0 Å². The molecule has 1 N–H and O–H groups in total. The van der Waals surface area contributed by atoms with Crippen LogP contribution in [0.4, 0.5) is 0 Å². The lowest BCUT2D eigenvalue weighted by Gasteiger charge is -2.19. The standard InChI is InChI=1S/C24H28N2O3/c1-16-22(17(2)29-26-16)14-25-23(27)19-8-6-18(7-9-19)15-28-21-12-10-20(11-13-21)24(3,4)5/h6-13H,14-15H2,1-5H3,(H,25,27). The van der Waals surface area contributed by atoms with Crippen LogP contribution in [0.5, 0.6) is 5.75 Å². The minimum Gasteiger partial charge on any atom is -0.489 e. The predicted molar refractivity (Wildman–Crippen MR) is 113 cm³/mol. The summed E-state index contributed by atoms with van der Waals surface area (Å²) < 4.78 is 11.0. The number of carbonyl (C=O) groups is 1. The van der Waals surface area contributed by atoms with Crippen molar-refractivity contribution in [3.05, 3.63) is 82.2 Å². The Labute approximate surface area is 172 Å². The number of amides is 1. The van der Waals surface area contributed by atoms with Crippen LogP contribution in [0, 0.1) is 13.8 Å². The van der Waals surface area contributed by atoms with Gasteiger partial charge in [0.2, 0.25) is 0 Å². The van der Waals surface area contributed by atoms with Gasteiger partial charge in [0.1, 0.15) is 18.1 Å². The van der Waals surface area contributed by atoms with Crippen LogP contribution in [0.15, 0.2) is 53.1 Å². The number of carbonyl (C=O) groups excluding carboxylic acids is 1. The second-order valence-corrected chi connectivity index (χ2v) is 8.25. The molecule has 0 saturated carbocycles. The molecule has 0 atom stereocenters. The minimum atomic E-state index is -0.129. The summed E-state index contributed by atoms with van der Waals surface area (Å²) in [4.78, 5) is 12.4. The maximum absolute atomic E-state index is 12.4. The summed E-state index contributed by atoms with van der Waals surface area (Å²) in [6.07, 6.45) is 0. The van der Waals surface area contributed by atoms with E-state index in [4.69, 9.17) is 9.26 Å². The van der Waals surface area contributed by atoms with Gasteiger partial charge in [-0.1, -0.05) is 50.2 Å². The van der Waals surface area contributed by atoms with Crippen LogP contribution >= 0.6 is 0 Å². The third-order valence-corrected chi connectivity index (χ3v) is 4.95. The van der Waals surface area contributed by atoms with Crippen molar-refractivity contribution >= 4 is 5.91 Å². The maximum atomic E-state index is 12.4. The first-order valence-corrected chi connectivity index (χ1v) is 9.76. The highest BCUT2D eigenvalue weighted by atomic mass is 16.5. The topological polar surface area (TPSA) is 64.4 Å². The van der Waals surface area contributed by atoms with Crippen molar-refractivity contribution in [3.8, 4) is 5.75 Å². The van der Waals surface area contributed by atoms with Crippen molar-refractivity contribution in [2.24, 2.45) is 0 Å². The normalized spacial score (nSPS) is 11.3. The van der Waals surface area contributed by atoms with Gasteiger partial charge in [-0.2, -0.15) is 0 Å². The molecule has 0 unspecified atom stereocenters. The summed E-state index contributed by atoms with van der Waals surface area (Å²) >= 11 is 0. The van der Waals surface area contributed by atoms with Crippen LogP contribution in [-0.4, -0.2) is 11.1 Å². The van der Waals surface area contributed by atoms with E-state index in [0.29, 0.717) is 18.7 Å². The van der Waals surface area contributed by atoms with Crippen molar-refractivity contribution in [3.63, 3.8) is 0 Å². The summed E-state index contributed by atoms with van der Waals surface area (Å²) in [5.74, 6) is 1.43. The van der Waals surface area contributed by atoms with Crippen molar-refractivity contribution in [2.45, 2.75) is 53.2 Å². The largest absolute Gasteiger partial charge is 0.489 e. The van der Waals surface area contributed by atoms with Crippen LogP contribution in [0.1, 0.15) is 59.3 Å². The summed E-state index contributed by atoms with van der Waals surface area (Å²) in [6.45, 7) is 11.1. The molecule has 0 bridgehead atoms. The molecule has 1 aromatic heterocycles. The third kappa shape index (κ3) is 5.25. The van der Waals surface area contributed by atoms with Gasteiger partial charge >= 0.3 is 0 Å². The van der Waals surface area contributed by atoms with E-state index >= 15 is 0 Å². The van der Waals surface area contributed by atoms with Crippen LogP contribution in [0.2, 0.25) is 0 Å². The third-order valence-electron chi connectivity index (χ3n) is 4.95. The first kappa shape index (κ1) is 20.6. The quantitative estimate of drug-likeness (QED) is 0.634. The van der Waals surface area contributed by atoms with Gasteiger partial charge in [0.25, 0.3) is 5.91 Å². The number of aromatic nitrogens is 1. The number of aryl methyl sites for hydroxylation is 2. The Balaban J connectivity index is 1.54. The minimum absolute atomic E-state index is 0.125. The van der Waals surface area contributed by atoms with Gasteiger partial charge in [0, 0.05) is 17.7 Å². The lowest BCUT2D eigenvalue weighted by atomic mass is 9.87. The monoisotopic (exact) mass is 392 g/mol. The molecule has 0 aliphatic heterocycles. The number of hydrogen-bond donors (Lipinski definition) is 1. The van der Waals surface area contributed by atoms with E-state index in [9.17, 15) is 4.79 Å². The molecule has 2 aromatic carbocycles. The predicted octanol–water partition coefficient (Wildman–Crippen LogP) is 5.10. The molecule has 0 fully saturated rings. The number of ether oxygens (including phenoxy) is 1. The van der Waals surface area contributed by atoms with E-state index in [1.165, 1.54) is 5.56 Å². The molecule has 29 heavy (non-hydrogen) atoms. The van der Waals surface area contributed by atoms with Crippen molar-refractivity contribution < 1.29 is 14.1 Å². The molecule has 0 aliphatic carbocycles. The van der Waals surface area contributed by atoms with Gasteiger partial charge in [0.15, 0.2) is 0 Å². The Morgan fingerprint density at radius 2 is 1.69 bits per heavy atom. The summed E-state index contributed by atoms with van der Waals surface area (Å²) in [6, 6.07) is 15.6. The molecule has 0 spiro atoms. The molecule has 5 nitrogen and oxygen atoms in total. The average Bonchev–Trinajstić information content (AvgIpc) is 3.02. The molecular weight excluding hydrogens is 364 g/mol. The molecule has 152 valence electrons. The second kappa shape index (κ2) is 8.52. The highest BCUT2D eigenvalue weighted by Crippen LogP contribution is 2.24. The lowest BCUT2D eigenvalue weighted by molar-refractivity contribution is 0.0950. The van der Waals surface area contributed by atoms with E-state index in [1.807, 2.05) is 50.2 Å². The van der Waals surface area contributed by atoms with E-state index in [-0.39, 0.29) is 11.3 Å². The smallest absolute Gasteiger partial charge is 0.251 e. The Bertz CT molecular complexity index is 945. The summed E-state index contributed by atoms with van der Waals surface area (Å²) in [5, 5.41) is 6.81. The van der Waals surface area contributed by atoms with Crippen LogP contribution in [-0.2, 0) is 18.6 Å². The number of rotatable bonds is 6. The molecule has 0 radical (unpaired) electrons. The Hall–Kier alpha value is -3.08. The fourth-order valence-electron chi connectivity index (χ4n) is 3.00. The zero-order chi connectivity index (χ0) is 21.0. The molecule has 5 heteroatoms. The molecule has 0 aliphatic rings. The molecule has 3 rings (SSSR count). The Morgan fingerprint density at radius 3 is 2.24 bits per heavy atom. The van der Waals surface area contributed by atoms with Gasteiger partial charge in [-0.3, -0.25) is 4.79 Å². The van der Waals surface area contributed by atoms with Crippen LogP contribution < -0.4 is 10.1 Å². The fourth-order valence-corrected chi connectivity index (χ4v) is 3.00. The average molecular weight is 392 g/mol.